The molecule has 3 fully saturated rings. The number of carbonyl (C=O) groups is 7. The lowest BCUT2D eigenvalue weighted by atomic mass is 9.44. The largest absolute Gasteiger partial charge is 0.509 e. The summed E-state index contributed by atoms with van der Waals surface area (Å²) in [6, 6.07) is 15.0. The zero-order valence-electron chi connectivity index (χ0n) is 44.2. The van der Waals surface area contributed by atoms with Gasteiger partial charge in [-0.2, -0.15) is 0 Å². The minimum Gasteiger partial charge on any atom is -0.456 e. The van der Waals surface area contributed by atoms with Gasteiger partial charge in [-0.15, -0.1) is 0 Å². The molecule has 19 nitrogen and oxygen atoms in total. The molecule has 1 amide bonds. The van der Waals surface area contributed by atoms with Gasteiger partial charge in [-0.3, -0.25) is 14.4 Å². The van der Waals surface area contributed by atoms with Gasteiger partial charge in [0.25, 0.3) is 0 Å². The highest BCUT2D eigenvalue weighted by molar-refractivity contribution is 5.96. The third kappa shape index (κ3) is 11.4. The fourth-order valence-electron chi connectivity index (χ4n) is 10.9. The Hall–Kier alpha value is -5.89. The van der Waals surface area contributed by atoms with Crippen molar-refractivity contribution >= 4 is 41.9 Å². The van der Waals surface area contributed by atoms with Gasteiger partial charge in [-0.05, 0) is 98.1 Å². The van der Waals surface area contributed by atoms with Crippen LogP contribution < -0.4 is 5.32 Å². The Labute approximate surface area is 426 Å². The number of hydrogen-bond donors (Lipinski definition) is 2. The van der Waals surface area contributed by atoms with Gasteiger partial charge in [0.05, 0.1) is 29.5 Å². The van der Waals surface area contributed by atoms with E-state index in [0.717, 1.165) is 13.8 Å². The van der Waals surface area contributed by atoms with Crippen molar-refractivity contribution in [2.24, 2.45) is 16.7 Å². The molecule has 400 valence electrons. The number of fused-ring (bicyclic) bond motifs is 5. The van der Waals surface area contributed by atoms with Crippen LogP contribution in [0.5, 0.6) is 0 Å². The average Bonchev–Trinajstić information content (AvgIpc) is 3.27. The average molecular weight is 1020 g/mol. The first-order valence-corrected chi connectivity index (χ1v) is 24.5. The van der Waals surface area contributed by atoms with Gasteiger partial charge < -0.3 is 57.8 Å². The monoisotopic (exact) mass is 1020 g/mol. The summed E-state index contributed by atoms with van der Waals surface area (Å²) in [4.78, 5) is 100. The van der Waals surface area contributed by atoms with E-state index < -0.39 is 136 Å². The van der Waals surface area contributed by atoms with Crippen LogP contribution in [0.1, 0.15) is 132 Å². The van der Waals surface area contributed by atoms with Crippen LogP contribution in [0, 0.1) is 16.7 Å². The molecule has 2 bridgehead atoms. The second-order valence-corrected chi connectivity index (χ2v) is 21.9. The molecule has 12 atom stereocenters. The molecule has 2 aromatic carbocycles. The molecule has 1 heterocycles. The highest BCUT2D eigenvalue weighted by Gasteiger charge is 2.79. The molecule has 1 unspecified atom stereocenters. The van der Waals surface area contributed by atoms with Gasteiger partial charge in [0.2, 0.25) is 0 Å². The summed E-state index contributed by atoms with van der Waals surface area (Å²) in [7, 11) is 0. The van der Waals surface area contributed by atoms with Gasteiger partial charge in [0.15, 0.2) is 29.9 Å². The quantitative estimate of drug-likeness (QED) is 0.0822. The maximum atomic E-state index is 16.2. The first-order valence-electron chi connectivity index (χ1n) is 24.5. The predicted molar refractivity (Wildman–Crippen MR) is 258 cm³/mol. The number of esters is 4. The molecule has 6 rings (SSSR count). The highest BCUT2D eigenvalue weighted by atomic mass is 16.7. The third-order valence-corrected chi connectivity index (χ3v) is 14.1. The van der Waals surface area contributed by atoms with Crippen LogP contribution in [0.15, 0.2) is 71.8 Å². The van der Waals surface area contributed by atoms with E-state index in [4.69, 9.17) is 47.4 Å². The predicted octanol–water partition coefficient (Wildman–Crippen LogP) is 7.20. The van der Waals surface area contributed by atoms with Crippen molar-refractivity contribution in [1.82, 2.24) is 5.32 Å². The molecule has 0 radical (unpaired) electrons. The van der Waals surface area contributed by atoms with Crippen molar-refractivity contribution < 1.29 is 86.0 Å². The van der Waals surface area contributed by atoms with Crippen LogP contribution >= 0.6 is 0 Å². The zero-order valence-corrected chi connectivity index (χ0v) is 44.2. The van der Waals surface area contributed by atoms with E-state index in [9.17, 15) is 29.1 Å². The van der Waals surface area contributed by atoms with E-state index in [0.29, 0.717) is 5.56 Å². The van der Waals surface area contributed by atoms with Crippen LogP contribution in [0.2, 0.25) is 0 Å². The van der Waals surface area contributed by atoms with E-state index in [-0.39, 0.29) is 36.3 Å². The molecule has 19 heteroatoms. The molecule has 1 aliphatic heterocycles. The van der Waals surface area contributed by atoms with Crippen LogP contribution in [-0.2, 0) is 66.5 Å². The first kappa shape index (κ1) is 56.4. The SMILES string of the molecule is CCOC(C)O[C@@H](C(=O)O[C@H]1C[C@@]2(O)[C@@H](OC(=O)c3ccccc3)[C@@H]3[C@]4(OC(C)=O)CO[C@@H]4C[C@H](OC(=O)OC(C)(C)C)[C@@]3(C)C(=O)[C@H](OC(C)=O)C(=C1C)C2(C)C)[C@@H](NC(=O)OC(C)(C)C)c1ccccc1. The molecule has 2 saturated carbocycles. The number of rotatable bonds is 14. The van der Waals surface area contributed by atoms with Crippen LogP contribution in [0.25, 0.3) is 0 Å². The Morgan fingerprint density at radius 1 is 0.836 bits per heavy atom. The maximum Gasteiger partial charge on any atom is 0.509 e. The summed E-state index contributed by atoms with van der Waals surface area (Å²) in [5.74, 6) is -6.35. The van der Waals surface area contributed by atoms with Crippen molar-refractivity contribution in [2.45, 2.75) is 181 Å². The molecule has 2 aromatic rings. The molecular weight excluding hydrogens is 951 g/mol. The molecule has 73 heavy (non-hydrogen) atoms. The number of Topliss-reactive ketones (excluding diaryl/α,β-unsaturated/α-hetero) is 1. The zero-order chi connectivity index (χ0) is 54.2. The second kappa shape index (κ2) is 21.2. The topological polar surface area (TPSA) is 244 Å². The van der Waals surface area contributed by atoms with E-state index in [1.807, 2.05) is 0 Å². The molecule has 0 spiro atoms. The Kier molecular flexibility index (Phi) is 16.3. The number of ether oxygens (including phenoxy) is 10. The van der Waals surface area contributed by atoms with E-state index in [1.54, 1.807) is 125 Å². The van der Waals surface area contributed by atoms with Gasteiger partial charge in [-0.25, -0.2) is 19.2 Å². The fraction of sp³-hybridized carbons (Fsp3) is 0.611. The first-order chi connectivity index (χ1) is 33.9. The van der Waals surface area contributed by atoms with Crippen molar-refractivity contribution in [3.63, 3.8) is 0 Å². The lowest BCUT2D eigenvalue weighted by Crippen LogP contribution is -2.82. The van der Waals surface area contributed by atoms with Crippen LogP contribution in [0.3, 0.4) is 0 Å². The van der Waals surface area contributed by atoms with E-state index in [1.165, 1.54) is 19.1 Å². The van der Waals surface area contributed by atoms with Gasteiger partial charge >= 0.3 is 36.1 Å². The Balaban J connectivity index is 1.62. The summed E-state index contributed by atoms with van der Waals surface area (Å²) in [6.07, 6.45) is -13.7. The summed E-state index contributed by atoms with van der Waals surface area (Å²) in [5.41, 5.74) is -9.72. The molecule has 3 aliphatic carbocycles. The number of nitrogens with one attached hydrogen (secondary N) is 1. The Bertz CT molecular complexity index is 2440. The van der Waals surface area contributed by atoms with Gasteiger partial charge in [0.1, 0.15) is 41.2 Å². The number of aliphatic hydroxyl groups is 1. The number of carbonyl (C=O) groups excluding carboxylic acids is 7. The maximum absolute atomic E-state index is 16.2. The number of alkyl carbamates (subject to hydrolysis) is 1. The number of hydrogen-bond acceptors (Lipinski definition) is 18. The molecule has 2 N–H and O–H groups in total. The second-order valence-electron chi connectivity index (χ2n) is 21.9. The fourth-order valence-corrected chi connectivity index (χ4v) is 10.9. The minimum atomic E-state index is -2.48. The van der Waals surface area contributed by atoms with Crippen molar-refractivity contribution in [3.05, 3.63) is 82.9 Å². The minimum absolute atomic E-state index is 0.0316. The van der Waals surface area contributed by atoms with Crippen LogP contribution in [-0.4, -0.2) is 126 Å². The van der Waals surface area contributed by atoms with Gasteiger partial charge in [0, 0.05) is 38.7 Å². The number of benzene rings is 2. The van der Waals surface area contributed by atoms with Crippen molar-refractivity contribution in [1.29, 1.82) is 0 Å². The van der Waals surface area contributed by atoms with Crippen molar-refractivity contribution in [2.75, 3.05) is 13.2 Å². The highest BCUT2D eigenvalue weighted by Crippen LogP contribution is 2.65. The number of ketones is 1. The number of amides is 1. The molecular formula is C54H71NO18. The van der Waals surface area contributed by atoms with Crippen LogP contribution in [0.4, 0.5) is 9.59 Å². The normalized spacial score (nSPS) is 29.7. The lowest BCUT2D eigenvalue weighted by molar-refractivity contribution is -0.346. The lowest BCUT2D eigenvalue weighted by Gasteiger charge is -2.67. The Morgan fingerprint density at radius 3 is 1.97 bits per heavy atom. The summed E-state index contributed by atoms with van der Waals surface area (Å²) >= 11 is 0. The molecule has 0 aromatic heterocycles. The Morgan fingerprint density at radius 2 is 1.44 bits per heavy atom. The van der Waals surface area contributed by atoms with Crippen molar-refractivity contribution in [3.8, 4) is 0 Å². The van der Waals surface area contributed by atoms with Gasteiger partial charge in [-0.1, -0.05) is 62.4 Å². The summed E-state index contributed by atoms with van der Waals surface area (Å²) in [6.45, 7) is 21.3. The summed E-state index contributed by atoms with van der Waals surface area (Å²) in [5, 5.41) is 16.9. The smallest absolute Gasteiger partial charge is 0.456 e. The summed E-state index contributed by atoms with van der Waals surface area (Å²) < 4.78 is 60.7. The molecule has 4 aliphatic rings. The molecule has 1 saturated heterocycles. The standard InChI is InChI=1S/C54H71NO18/c1-15-64-32(5)67-41(39(33-22-18-16-19-23-33)55-47(61)72-49(6,7)8)46(60)68-35-27-54(63)44(70-45(59)34-24-20-17-21-25-34)42-52(14,43(58)40(66-30(3)56)38(29(35)2)51(54,12)13)36(69-48(62)73-50(9,10)11)26-37-53(42,28-65-37)71-31(4)57/h16-25,32,35-37,39-42,44,63H,15,26-28H2,1-14H3,(H,55,61)/t32?,35-,36-,37+,39-,40+,41+,42-,44-,52+,53-,54+/m0/s1. The van der Waals surface area contributed by atoms with E-state index >= 15 is 9.59 Å². The van der Waals surface area contributed by atoms with E-state index in [2.05, 4.69) is 5.32 Å². The third-order valence-electron chi connectivity index (χ3n) is 14.1.